The Labute approximate surface area is 161 Å². The van der Waals surface area contributed by atoms with E-state index in [2.05, 4.69) is 30.3 Å². The van der Waals surface area contributed by atoms with E-state index in [4.69, 9.17) is 13.9 Å². The van der Waals surface area contributed by atoms with Gasteiger partial charge in [0.25, 0.3) is 0 Å². The van der Waals surface area contributed by atoms with Crippen LogP contribution in [0.3, 0.4) is 0 Å². The van der Waals surface area contributed by atoms with E-state index in [0.717, 1.165) is 33.8 Å². The highest BCUT2D eigenvalue weighted by Crippen LogP contribution is 2.40. The summed E-state index contributed by atoms with van der Waals surface area (Å²) < 4.78 is 17.0. The largest absolute Gasteiger partial charge is 0.456 e. The lowest BCUT2D eigenvalue weighted by molar-refractivity contribution is 0.174. The summed E-state index contributed by atoms with van der Waals surface area (Å²) in [6, 6.07) is 16.9. The number of ether oxygens (including phenoxy) is 2. The molecule has 0 bridgehead atoms. The number of hydrogen-bond acceptors (Lipinski definition) is 4. The van der Waals surface area contributed by atoms with E-state index >= 15 is 0 Å². The lowest BCUT2D eigenvalue weighted by Gasteiger charge is -2.08. The van der Waals surface area contributed by atoms with Crippen LogP contribution < -0.4 is 9.47 Å². The third kappa shape index (κ3) is 2.55. The molecule has 2 aromatic heterocycles. The second-order valence-corrected chi connectivity index (χ2v) is 8.33. The first kappa shape index (κ1) is 15.3. The molecule has 4 aromatic rings. The summed E-state index contributed by atoms with van der Waals surface area (Å²) >= 11 is 1.95. The molecule has 2 aromatic carbocycles. The summed E-state index contributed by atoms with van der Waals surface area (Å²) in [5, 5.41) is 1.13. The summed E-state index contributed by atoms with van der Waals surface area (Å²) in [6.07, 6.45) is 5.12. The summed E-state index contributed by atoms with van der Waals surface area (Å²) in [5.74, 6) is 2.42. The Morgan fingerprint density at radius 2 is 1.67 bits per heavy atom. The fraction of sp³-hybridized carbons (Fsp3) is 0.217. The van der Waals surface area contributed by atoms with Gasteiger partial charge in [0.1, 0.15) is 11.3 Å². The van der Waals surface area contributed by atoms with Gasteiger partial charge in [-0.25, -0.2) is 0 Å². The zero-order valence-electron chi connectivity index (χ0n) is 14.8. The lowest BCUT2D eigenvalue weighted by Crippen LogP contribution is -1.96. The van der Waals surface area contributed by atoms with E-state index in [9.17, 15) is 0 Å². The first-order chi connectivity index (χ1) is 13.3. The molecular weight excluding hydrogens is 356 g/mol. The first-order valence-electron chi connectivity index (χ1n) is 9.39. The fourth-order valence-electron chi connectivity index (χ4n) is 4.02. The predicted molar refractivity (Wildman–Crippen MR) is 108 cm³/mol. The predicted octanol–water partition coefficient (Wildman–Crippen LogP) is 6.44. The SMILES string of the molecule is c1cc2c(cc1-c1cc3cc(-c4cc5c(s4)CCCC5)ccc3o1)OCO2. The third-order valence-electron chi connectivity index (χ3n) is 5.45. The normalized spacial score (nSPS) is 15.3. The van der Waals surface area contributed by atoms with E-state index in [0.29, 0.717) is 0 Å². The molecule has 1 aliphatic heterocycles. The molecule has 0 unspecified atom stereocenters. The maximum absolute atomic E-state index is 6.09. The Morgan fingerprint density at radius 1 is 0.778 bits per heavy atom. The van der Waals surface area contributed by atoms with Crippen molar-refractivity contribution in [2.75, 3.05) is 6.79 Å². The average molecular weight is 374 g/mol. The molecule has 3 nitrogen and oxygen atoms in total. The van der Waals surface area contributed by atoms with Crippen molar-refractivity contribution < 1.29 is 13.9 Å². The van der Waals surface area contributed by atoms with Gasteiger partial charge in [-0.3, -0.25) is 0 Å². The Morgan fingerprint density at radius 3 is 2.63 bits per heavy atom. The standard InChI is InChI=1S/C23H18O3S/c1-2-4-22-15(3-1)12-23(27-22)16-6-7-18-17(9-16)11-20(26-18)14-5-8-19-21(10-14)25-13-24-19/h5-12H,1-4,13H2. The number of rotatable bonds is 2. The first-order valence-corrected chi connectivity index (χ1v) is 10.2. The van der Waals surface area contributed by atoms with Crippen LogP contribution in [-0.2, 0) is 12.8 Å². The van der Waals surface area contributed by atoms with E-state index in [1.54, 1.807) is 10.4 Å². The van der Waals surface area contributed by atoms with Gasteiger partial charge >= 0.3 is 0 Å². The number of benzene rings is 2. The molecule has 4 heteroatoms. The van der Waals surface area contributed by atoms with Crippen molar-refractivity contribution >= 4 is 22.3 Å². The van der Waals surface area contributed by atoms with Crippen LogP contribution in [0.4, 0.5) is 0 Å². The summed E-state index contributed by atoms with van der Waals surface area (Å²) in [6.45, 7) is 0.285. The molecule has 0 saturated heterocycles. The number of thiophene rings is 1. The number of fused-ring (bicyclic) bond motifs is 3. The Kier molecular flexibility index (Phi) is 3.35. The molecule has 0 atom stereocenters. The van der Waals surface area contributed by atoms with E-state index in [1.165, 1.54) is 36.1 Å². The summed E-state index contributed by atoms with van der Waals surface area (Å²) in [5.41, 5.74) is 4.74. The smallest absolute Gasteiger partial charge is 0.231 e. The van der Waals surface area contributed by atoms with Crippen LogP contribution in [-0.4, -0.2) is 6.79 Å². The van der Waals surface area contributed by atoms with Crippen molar-refractivity contribution in [1.82, 2.24) is 0 Å². The number of aryl methyl sites for hydroxylation is 2. The molecular formula is C23H18O3S. The van der Waals surface area contributed by atoms with Gasteiger partial charge in [0, 0.05) is 20.7 Å². The van der Waals surface area contributed by atoms with Gasteiger partial charge in [0.2, 0.25) is 6.79 Å². The van der Waals surface area contributed by atoms with Crippen molar-refractivity contribution in [2.24, 2.45) is 0 Å². The fourth-order valence-corrected chi connectivity index (χ4v) is 5.27. The quantitative estimate of drug-likeness (QED) is 0.405. The monoisotopic (exact) mass is 374 g/mol. The third-order valence-corrected chi connectivity index (χ3v) is 6.74. The zero-order chi connectivity index (χ0) is 17.8. The average Bonchev–Trinajstić information content (AvgIpc) is 3.42. The molecule has 1 aliphatic carbocycles. The molecule has 3 heterocycles. The van der Waals surface area contributed by atoms with Crippen molar-refractivity contribution in [3.05, 3.63) is 59.0 Å². The van der Waals surface area contributed by atoms with Crippen LogP contribution in [0.2, 0.25) is 0 Å². The molecule has 0 amide bonds. The highest BCUT2D eigenvalue weighted by Gasteiger charge is 2.17. The molecule has 134 valence electrons. The van der Waals surface area contributed by atoms with Crippen LogP contribution in [0.5, 0.6) is 11.5 Å². The highest BCUT2D eigenvalue weighted by atomic mass is 32.1. The molecule has 0 saturated carbocycles. The Bertz CT molecular complexity index is 1140. The van der Waals surface area contributed by atoms with Crippen molar-refractivity contribution in [2.45, 2.75) is 25.7 Å². The molecule has 0 spiro atoms. The zero-order valence-corrected chi connectivity index (χ0v) is 15.6. The molecule has 27 heavy (non-hydrogen) atoms. The van der Waals surface area contributed by atoms with Crippen LogP contribution in [0.25, 0.3) is 32.7 Å². The van der Waals surface area contributed by atoms with Crippen molar-refractivity contribution in [3.63, 3.8) is 0 Å². The Hall–Kier alpha value is -2.72. The van der Waals surface area contributed by atoms with Crippen LogP contribution >= 0.6 is 11.3 Å². The number of hydrogen-bond donors (Lipinski definition) is 0. The molecule has 0 radical (unpaired) electrons. The van der Waals surface area contributed by atoms with E-state index < -0.39 is 0 Å². The lowest BCUT2D eigenvalue weighted by atomic mass is 9.98. The second kappa shape index (κ2) is 5.89. The summed E-state index contributed by atoms with van der Waals surface area (Å²) in [4.78, 5) is 2.94. The van der Waals surface area contributed by atoms with Gasteiger partial charge in [-0.1, -0.05) is 0 Å². The maximum Gasteiger partial charge on any atom is 0.231 e. The Balaban J connectivity index is 1.39. The minimum Gasteiger partial charge on any atom is -0.456 e. The van der Waals surface area contributed by atoms with E-state index in [1.807, 2.05) is 29.5 Å². The molecule has 0 fully saturated rings. The van der Waals surface area contributed by atoms with Gasteiger partial charge in [-0.05, 0) is 85.3 Å². The summed E-state index contributed by atoms with van der Waals surface area (Å²) in [7, 11) is 0. The van der Waals surface area contributed by atoms with Gasteiger partial charge in [0.15, 0.2) is 11.5 Å². The van der Waals surface area contributed by atoms with Gasteiger partial charge in [-0.2, -0.15) is 0 Å². The highest BCUT2D eigenvalue weighted by molar-refractivity contribution is 7.15. The molecule has 2 aliphatic rings. The van der Waals surface area contributed by atoms with Crippen molar-refractivity contribution in [3.8, 4) is 33.3 Å². The van der Waals surface area contributed by atoms with Crippen LogP contribution in [0.15, 0.2) is 52.9 Å². The van der Waals surface area contributed by atoms with Gasteiger partial charge in [0.05, 0.1) is 0 Å². The van der Waals surface area contributed by atoms with Crippen LogP contribution in [0.1, 0.15) is 23.3 Å². The van der Waals surface area contributed by atoms with E-state index in [-0.39, 0.29) is 6.79 Å². The molecule has 6 rings (SSSR count). The topological polar surface area (TPSA) is 31.6 Å². The van der Waals surface area contributed by atoms with Gasteiger partial charge < -0.3 is 13.9 Å². The minimum absolute atomic E-state index is 0.285. The second-order valence-electron chi connectivity index (χ2n) is 7.20. The maximum atomic E-state index is 6.09. The minimum atomic E-state index is 0.285. The van der Waals surface area contributed by atoms with Gasteiger partial charge in [-0.15, -0.1) is 11.3 Å². The molecule has 0 N–H and O–H groups in total. The van der Waals surface area contributed by atoms with Crippen LogP contribution in [0, 0.1) is 0 Å². The number of furan rings is 1. The van der Waals surface area contributed by atoms with Crippen molar-refractivity contribution in [1.29, 1.82) is 0 Å².